The van der Waals surface area contributed by atoms with Crippen LogP contribution in [0.2, 0.25) is 0 Å². The number of ether oxygens (including phenoxy) is 1. The first kappa shape index (κ1) is 51.8. The molecule has 3 heterocycles. The summed E-state index contributed by atoms with van der Waals surface area (Å²) in [7, 11) is 1.66. The van der Waals surface area contributed by atoms with Crippen molar-refractivity contribution in [2.45, 2.75) is 158 Å². The van der Waals surface area contributed by atoms with E-state index in [0.717, 1.165) is 126 Å². The number of benzene rings is 1. The number of allylic oxidation sites excluding steroid dienone is 1. The van der Waals surface area contributed by atoms with Gasteiger partial charge in [-0.3, -0.25) is 24.7 Å². The number of rotatable bonds is 16. The molecule has 1 aromatic heterocycles. The van der Waals surface area contributed by atoms with E-state index in [1.54, 1.807) is 7.05 Å². The van der Waals surface area contributed by atoms with E-state index in [1.165, 1.54) is 28.5 Å². The fraction of sp³-hybridized carbons (Fsp3) is 0.607. The van der Waals surface area contributed by atoms with Gasteiger partial charge in [-0.25, -0.2) is 9.59 Å². The molecule has 16 heteroatoms. The number of nitrogens with zero attached hydrogens (tertiary/aromatic N) is 1. The van der Waals surface area contributed by atoms with Crippen molar-refractivity contribution in [1.82, 2.24) is 31.6 Å². The highest BCUT2D eigenvalue weighted by Gasteiger charge is 2.65. The van der Waals surface area contributed by atoms with E-state index in [1.807, 2.05) is 12.4 Å². The van der Waals surface area contributed by atoms with Crippen LogP contribution in [0.25, 0.3) is 0 Å². The molecular formula is C56H72N6O9S. The first-order valence-electron chi connectivity index (χ1n) is 26.5. The fourth-order valence-electron chi connectivity index (χ4n) is 14.0. The molecule has 7 aliphatic rings. The Hall–Kier alpha value is -5.05. The molecule has 15 nitrogen and oxygen atoms in total. The average Bonchev–Trinajstić information content (AvgIpc) is 4.12. The Bertz CT molecular complexity index is 2490. The Morgan fingerprint density at radius 1 is 0.861 bits per heavy atom. The van der Waals surface area contributed by atoms with Gasteiger partial charge < -0.3 is 41.3 Å². The summed E-state index contributed by atoms with van der Waals surface area (Å²) >= 11 is 1.46. The molecule has 9 rings (SSSR count). The van der Waals surface area contributed by atoms with Crippen LogP contribution in [0.5, 0.6) is 0 Å². The van der Waals surface area contributed by atoms with Crippen LogP contribution in [0.4, 0.5) is 0 Å². The third-order valence-corrected chi connectivity index (χ3v) is 19.0. The number of esters is 1. The number of fused-ring (bicyclic) bond motifs is 4. The van der Waals surface area contributed by atoms with E-state index in [4.69, 9.17) is 4.74 Å². The monoisotopic (exact) mass is 1000 g/mol. The standard InChI is InChI=1S/C56H72N6O9S/c1-57-34-60-41(51(66)67)16-17-43(63)61-42(49(64)62-50(65)52(68)69)33-72-48-47-45-40(54(20-4-5-21-54)22-6-7-23-55(48)24-8-9-25-55)32-39(30-35-18-28-58-29-19-35)44-46-38(15-11-27-59-46)31-37-13-3-2-12-36(37)14-10-26-56(44,45)53(70)71-47/h2-3,12-13,18-19,28-29,38,40-42,46,48,50,57,59-60,65H,4-9,11,14-17,20-25,27,30-34H2,1H3,(H,61,63)(H,62,64)(H,66,67)(H,68,69)/t38-,40+,41+,42+,46-,48+,50+,56-/m1/s1. The van der Waals surface area contributed by atoms with Crippen molar-refractivity contribution in [2.24, 2.45) is 28.1 Å². The van der Waals surface area contributed by atoms with Crippen LogP contribution in [0.1, 0.15) is 126 Å². The third-order valence-electron chi connectivity index (χ3n) is 17.4. The number of nitrogens with one attached hydrogen (secondary N) is 5. The molecule has 0 unspecified atom stereocenters. The Labute approximate surface area is 427 Å². The average molecular weight is 1010 g/mol. The normalized spacial score (nSPS) is 27.4. The van der Waals surface area contributed by atoms with E-state index in [9.17, 15) is 34.5 Å². The van der Waals surface area contributed by atoms with Gasteiger partial charge in [-0.15, -0.1) is 11.8 Å². The zero-order chi connectivity index (χ0) is 50.5. The minimum absolute atomic E-state index is 0.0431. The molecule has 2 amide bonds. The van der Waals surface area contributed by atoms with Gasteiger partial charge >= 0.3 is 17.9 Å². The van der Waals surface area contributed by atoms with Crippen molar-refractivity contribution in [1.29, 1.82) is 0 Å². The number of hydrogen-bond acceptors (Lipinski definition) is 12. The quantitative estimate of drug-likeness (QED) is 0.0437. The van der Waals surface area contributed by atoms with Gasteiger partial charge in [0, 0.05) is 49.3 Å². The maximum atomic E-state index is 16.2. The highest BCUT2D eigenvalue weighted by atomic mass is 32.2. The van der Waals surface area contributed by atoms with Crippen molar-refractivity contribution in [3.8, 4) is 11.8 Å². The number of carbonyl (C=O) groups excluding carboxylic acids is 3. The Morgan fingerprint density at radius 2 is 1.54 bits per heavy atom. The molecule has 2 aliphatic heterocycles. The number of carbonyl (C=O) groups is 5. The number of aliphatic hydroxyl groups is 1. The lowest BCUT2D eigenvalue weighted by atomic mass is 9.52. The summed E-state index contributed by atoms with van der Waals surface area (Å²) in [5.74, 6) is 3.61. The lowest BCUT2D eigenvalue weighted by molar-refractivity contribution is -0.151. The van der Waals surface area contributed by atoms with Crippen molar-refractivity contribution in [3.05, 3.63) is 88.0 Å². The maximum Gasteiger partial charge on any atom is 0.353 e. The van der Waals surface area contributed by atoms with Crippen LogP contribution in [-0.2, 0) is 48.0 Å². The van der Waals surface area contributed by atoms with E-state index < -0.39 is 52.7 Å². The Kier molecular flexibility index (Phi) is 16.3. The summed E-state index contributed by atoms with van der Waals surface area (Å²) in [6.45, 7) is 1.01. The SMILES string of the molecule is CNCN[C@@H](CCC(=O)N[C@@H](CS[C@H]1C2=C3[C@H](CC(Cc4ccncc4)=C4[C@@H]5NCCC[C@@H]5Cc5ccccc5CC#C[C@@]43C(=O)O2)C2(CCCC2)CCCCC12CCCC2)C(=O)N[C@@H](O)C(=O)O)C(=O)O. The van der Waals surface area contributed by atoms with Gasteiger partial charge in [0.1, 0.15) is 17.8 Å². The van der Waals surface area contributed by atoms with Crippen molar-refractivity contribution < 1.29 is 44.0 Å². The highest BCUT2D eigenvalue weighted by Crippen LogP contribution is 2.67. The number of carboxylic acid groups (broad SMARTS) is 2. The topological polar surface area (TPSA) is 228 Å². The zero-order valence-electron chi connectivity index (χ0n) is 41.6. The van der Waals surface area contributed by atoms with E-state index in [2.05, 4.69) is 79.8 Å². The largest absolute Gasteiger partial charge is 0.480 e. The second-order valence-corrected chi connectivity index (χ2v) is 22.7. The first-order valence-corrected chi connectivity index (χ1v) is 27.5. The second-order valence-electron chi connectivity index (χ2n) is 21.6. The highest BCUT2D eigenvalue weighted by molar-refractivity contribution is 8.00. The molecule has 5 aliphatic carbocycles. The number of aromatic nitrogens is 1. The van der Waals surface area contributed by atoms with Crippen LogP contribution in [0.3, 0.4) is 0 Å². The molecule has 0 bridgehead atoms. The molecule has 1 saturated heterocycles. The molecule has 2 aromatic rings. The molecule has 3 fully saturated rings. The lowest BCUT2D eigenvalue weighted by Crippen LogP contribution is -2.53. The summed E-state index contributed by atoms with van der Waals surface area (Å²) in [5, 5.41) is 44.1. The van der Waals surface area contributed by atoms with Gasteiger partial charge in [-0.1, -0.05) is 80.2 Å². The van der Waals surface area contributed by atoms with Crippen LogP contribution in [0, 0.1) is 39.9 Å². The number of amides is 2. The van der Waals surface area contributed by atoms with Crippen LogP contribution >= 0.6 is 11.8 Å². The van der Waals surface area contributed by atoms with Gasteiger partial charge in [-0.2, -0.15) is 0 Å². The molecule has 8 N–H and O–H groups in total. The van der Waals surface area contributed by atoms with Gasteiger partial charge in [0.2, 0.25) is 18.0 Å². The van der Waals surface area contributed by atoms with Gasteiger partial charge in [0.15, 0.2) is 5.41 Å². The minimum Gasteiger partial charge on any atom is -0.480 e. The number of thioether (sulfide) groups is 1. The van der Waals surface area contributed by atoms with E-state index in [-0.39, 0.29) is 59.9 Å². The number of hydrogen-bond donors (Lipinski definition) is 8. The Morgan fingerprint density at radius 3 is 2.21 bits per heavy atom. The van der Waals surface area contributed by atoms with Crippen LogP contribution < -0.4 is 26.6 Å². The molecular weight excluding hydrogens is 933 g/mol. The molecule has 72 heavy (non-hydrogen) atoms. The molecule has 1 aromatic carbocycles. The zero-order valence-corrected chi connectivity index (χ0v) is 42.4. The van der Waals surface area contributed by atoms with E-state index >= 15 is 4.79 Å². The van der Waals surface area contributed by atoms with Gasteiger partial charge in [-0.05, 0) is 148 Å². The first-order chi connectivity index (χ1) is 34.9. The predicted octanol–water partition coefficient (Wildman–Crippen LogP) is 5.71. The van der Waals surface area contributed by atoms with Gasteiger partial charge in [0.25, 0.3) is 0 Å². The second kappa shape index (κ2) is 22.6. The summed E-state index contributed by atoms with van der Waals surface area (Å²) in [4.78, 5) is 72.3. The molecule has 8 atom stereocenters. The van der Waals surface area contributed by atoms with Crippen LogP contribution in [0.15, 0.2) is 71.3 Å². The third kappa shape index (κ3) is 10.5. The Balaban J connectivity index is 1.22. The number of aliphatic hydroxyl groups excluding tert-OH is 1. The van der Waals surface area contributed by atoms with Crippen molar-refractivity contribution in [3.63, 3.8) is 0 Å². The molecule has 2 saturated carbocycles. The van der Waals surface area contributed by atoms with Crippen molar-refractivity contribution >= 4 is 41.5 Å². The molecule has 386 valence electrons. The van der Waals surface area contributed by atoms with Gasteiger partial charge in [0.05, 0.1) is 5.25 Å². The minimum atomic E-state index is -2.23. The predicted molar refractivity (Wildman–Crippen MR) is 273 cm³/mol. The number of carboxylic acids is 2. The van der Waals surface area contributed by atoms with Crippen LogP contribution in [-0.4, -0.2) is 106 Å². The lowest BCUT2D eigenvalue weighted by Gasteiger charge is -2.51. The van der Waals surface area contributed by atoms with Crippen molar-refractivity contribution in [2.75, 3.05) is 26.0 Å². The molecule has 3 spiro atoms. The summed E-state index contributed by atoms with van der Waals surface area (Å²) in [6, 6.07) is 10.2. The molecule has 0 radical (unpaired) electrons. The maximum absolute atomic E-state index is 16.2. The summed E-state index contributed by atoms with van der Waals surface area (Å²) < 4.78 is 7.15. The number of aliphatic carboxylic acids is 2. The number of pyridine rings is 1. The summed E-state index contributed by atoms with van der Waals surface area (Å²) in [6.07, 6.45) is 17.9. The fourth-order valence-corrected chi connectivity index (χ4v) is 15.7. The summed E-state index contributed by atoms with van der Waals surface area (Å²) in [5.41, 5.74) is 5.08. The number of piperidine rings is 1. The van der Waals surface area contributed by atoms with E-state index in [0.29, 0.717) is 18.6 Å². The smallest absolute Gasteiger partial charge is 0.353 e.